The summed E-state index contributed by atoms with van der Waals surface area (Å²) in [6, 6.07) is 0.218. The fourth-order valence-corrected chi connectivity index (χ4v) is 6.09. The molecular formula is C23H36FN3O4. The van der Waals surface area contributed by atoms with Crippen molar-refractivity contribution in [1.29, 1.82) is 0 Å². The van der Waals surface area contributed by atoms with Gasteiger partial charge in [0.25, 0.3) is 5.91 Å². The molecular weight excluding hydrogens is 401 g/mol. The van der Waals surface area contributed by atoms with Gasteiger partial charge < -0.3 is 19.6 Å². The third-order valence-electron chi connectivity index (χ3n) is 8.30. The molecule has 2 saturated heterocycles. The van der Waals surface area contributed by atoms with Crippen LogP contribution in [0.4, 0.5) is 4.39 Å². The summed E-state index contributed by atoms with van der Waals surface area (Å²) < 4.78 is 19.8. The van der Waals surface area contributed by atoms with Crippen molar-refractivity contribution in [3.8, 4) is 0 Å². The molecule has 5 unspecified atom stereocenters. The molecule has 31 heavy (non-hydrogen) atoms. The Morgan fingerprint density at radius 1 is 1.10 bits per heavy atom. The maximum atomic E-state index is 13.7. The van der Waals surface area contributed by atoms with E-state index in [4.69, 9.17) is 4.74 Å². The largest absolute Gasteiger partial charge is 0.380 e. The van der Waals surface area contributed by atoms with E-state index < -0.39 is 11.8 Å². The van der Waals surface area contributed by atoms with Crippen LogP contribution in [0.5, 0.6) is 0 Å². The van der Waals surface area contributed by atoms with E-state index in [1.54, 1.807) is 4.90 Å². The number of ether oxygens (including phenoxy) is 1. The van der Waals surface area contributed by atoms with Crippen molar-refractivity contribution in [3.63, 3.8) is 0 Å². The summed E-state index contributed by atoms with van der Waals surface area (Å²) in [4.78, 5) is 29.3. The van der Waals surface area contributed by atoms with Gasteiger partial charge in [0.05, 0.1) is 6.10 Å². The zero-order chi connectivity index (χ0) is 21.8. The fraction of sp³-hybridized carbons (Fsp3) is 0.913. The highest BCUT2D eigenvalue weighted by molar-refractivity contribution is 5.88. The minimum atomic E-state index is -1.14. The number of nitrogens with one attached hydrogen (secondary N) is 1. The Kier molecular flexibility index (Phi) is 5.76. The molecule has 8 heteroatoms. The number of fused-ring (bicyclic) bond motifs is 1. The first-order valence-electron chi connectivity index (χ1n) is 12.2. The van der Waals surface area contributed by atoms with Crippen molar-refractivity contribution in [2.24, 2.45) is 11.8 Å². The molecule has 2 N–H and O–H groups in total. The van der Waals surface area contributed by atoms with Crippen LogP contribution in [-0.2, 0) is 14.3 Å². The zero-order valence-corrected chi connectivity index (χ0v) is 18.5. The molecule has 0 bridgehead atoms. The second-order valence-corrected chi connectivity index (χ2v) is 10.6. The van der Waals surface area contributed by atoms with Gasteiger partial charge in [0.15, 0.2) is 0 Å². The summed E-state index contributed by atoms with van der Waals surface area (Å²) in [5, 5.41) is 13.7. The molecule has 5 atom stereocenters. The van der Waals surface area contributed by atoms with Crippen LogP contribution in [-0.4, -0.2) is 82.5 Å². The molecule has 2 aliphatic heterocycles. The van der Waals surface area contributed by atoms with Crippen molar-refractivity contribution in [3.05, 3.63) is 0 Å². The Hall–Kier alpha value is -1.25. The number of nitrogens with zero attached hydrogens (tertiary/aromatic N) is 2. The number of amides is 2. The van der Waals surface area contributed by atoms with Gasteiger partial charge in [-0.3, -0.25) is 14.9 Å². The van der Waals surface area contributed by atoms with Gasteiger partial charge in [-0.05, 0) is 64.2 Å². The monoisotopic (exact) mass is 437 g/mol. The van der Waals surface area contributed by atoms with E-state index in [-0.39, 0.29) is 42.1 Å². The summed E-state index contributed by atoms with van der Waals surface area (Å²) >= 11 is 0. The number of carbonyl (C=O) groups is 2. The first-order chi connectivity index (χ1) is 14.8. The lowest BCUT2D eigenvalue weighted by Crippen LogP contribution is -2.58. The summed E-state index contributed by atoms with van der Waals surface area (Å²) in [7, 11) is 0. The quantitative estimate of drug-likeness (QED) is 0.701. The molecule has 0 aromatic rings. The van der Waals surface area contributed by atoms with E-state index in [2.05, 4.69) is 5.32 Å². The molecule has 174 valence electrons. The standard InChI is InChI=1S/C23H36FN3O4/c1-14-13-26(10-11-27(14)22(29)23(30)8-9-23)21(28)16-4-2-15(3-5-16)20-25-18-7-6-17(24)12-19(18)31-20/h14-20,25,30H,2-13H2,1H3. The van der Waals surface area contributed by atoms with Crippen LogP contribution in [0.15, 0.2) is 0 Å². The van der Waals surface area contributed by atoms with Crippen LogP contribution in [0, 0.1) is 11.8 Å². The number of carbonyl (C=O) groups excluding carboxylic acids is 2. The van der Waals surface area contributed by atoms with Crippen LogP contribution in [0.3, 0.4) is 0 Å². The van der Waals surface area contributed by atoms with E-state index in [9.17, 15) is 19.1 Å². The lowest BCUT2D eigenvalue weighted by molar-refractivity contribution is -0.152. The topological polar surface area (TPSA) is 82.1 Å². The Bertz CT molecular complexity index is 709. The highest BCUT2D eigenvalue weighted by Gasteiger charge is 2.51. The molecule has 7 nitrogen and oxygen atoms in total. The molecule has 2 heterocycles. The van der Waals surface area contributed by atoms with Gasteiger partial charge in [-0.15, -0.1) is 0 Å². The molecule has 5 fully saturated rings. The number of halogens is 1. The first-order valence-corrected chi connectivity index (χ1v) is 12.2. The lowest BCUT2D eigenvalue weighted by Gasteiger charge is -2.42. The van der Waals surface area contributed by atoms with Crippen molar-refractivity contribution in [2.75, 3.05) is 19.6 Å². The maximum Gasteiger partial charge on any atom is 0.254 e. The Morgan fingerprint density at radius 2 is 1.84 bits per heavy atom. The van der Waals surface area contributed by atoms with Crippen LogP contribution in [0.2, 0.25) is 0 Å². The van der Waals surface area contributed by atoms with E-state index in [1.165, 1.54) is 0 Å². The van der Waals surface area contributed by atoms with Gasteiger partial charge in [-0.2, -0.15) is 0 Å². The van der Waals surface area contributed by atoms with E-state index in [0.29, 0.717) is 51.2 Å². The van der Waals surface area contributed by atoms with Gasteiger partial charge in [0, 0.05) is 44.1 Å². The molecule has 3 aliphatic carbocycles. The third-order valence-corrected chi connectivity index (χ3v) is 8.30. The van der Waals surface area contributed by atoms with Gasteiger partial charge in [-0.1, -0.05) is 0 Å². The average molecular weight is 438 g/mol. The number of alkyl halides is 1. The summed E-state index contributed by atoms with van der Waals surface area (Å²) in [6.45, 7) is 3.56. The smallest absolute Gasteiger partial charge is 0.254 e. The summed E-state index contributed by atoms with van der Waals surface area (Å²) in [5.41, 5.74) is -1.14. The normalized spacial score (nSPS) is 42.2. The van der Waals surface area contributed by atoms with Gasteiger partial charge in [0.1, 0.15) is 18.0 Å². The summed E-state index contributed by atoms with van der Waals surface area (Å²) in [5.74, 6) is 0.464. The number of hydrogen-bond acceptors (Lipinski definition) is 5. The molecule has 2 amide bonds. The SMILES string of the molecule is CC1CN(C(=O)C2CCC(C3NC4CCC(F)CC4O3)CC2)CCN1C(=O)C1(O)CC1. The summed E-state index contributed by atoms with van der Waals surface area (Å²) in [6.07, 6.45) is 5.98. The van der Waals surface area contributed by atoms with Gasteiger partial charge in [-0.25, -0.2) is 4.39 Å². The lowest BCUT2D eigenvalue weighted by atomic mass is 9.80. The molecule has 5 aliphatic rings. The predicted octanol–water partition coefficient (Wildman–Crippen LogP) is 1.58. The Balaban J connectivity index is 1.10. The van der Waals surface area contributed by atoms with E-state index in [1.807, 2.05) is 11.8 Å². The highest BCUT2D eigenvalue weighted by atomic mass is 19.1. The van der Waals surface area contributed by atoms with Crippen LogP contribution in [0.25, 0.3) is 0 Å². The van der Waals surface area contributed by atoms with Crippen LogP contribution in [0.1, 0.15) is 64.7 Å². The van der Waals surface area contributed by atoms with Crippen molar-refractivity contribution < 1.29 is 23.8 Å². The predicted molar refractivity (Wildman–Crippen MR) is 112 cm³/mol. The maximum absolute atomic E-state index is 13.7. The number of rotatable bonds is 3. The minimum absolute atomic E-state index is 0.000780. The minimum Gasteiger partial charge on any atom is -0.380 e. The number of hydrogen-bond donors (Lipinski definition) is 2. The molecule has 0 radical (unpaired) electrons. The fourth-order valence-electron chi connectivity index (χ4n) is 6.09. The van der Waals surface area contributed by atoms with Gasteiger partial charge >= 0.3 is 0 Å². The molecule has 3 saturated carbocycles. The Morgan fingerprint density at radius 3 is 2.52 bits per heavy atom. The molecule has 0 aromatic carbocycles. The van der Waals surface area contributed by atoms with Crippen molar-refractivity contribution in [1.82, 2.24) is 15.1 Å². The Labute approximate surface area is 183 Å². The first kappa shape index (κ1) is 21.6. The molecule has 0 aromatic heterocycles. The number of piperazine rings is 1. The third kappa shape index (κ3) is 4.23. The van der Waals surface area contributed by atoms with Gasteiger partial charge in [0.2, 0.25) is 5.91 Å². The highest BCUT2D eigenvalue weighted by Crippen LogP contribution is 2.39. The van der Waals surface area contributed by atoms with Crippen molar-refractivity contribution >= 4 is 11.8 Å². The molecule has 0 spiro atoms. The average Bonchev–Trinajstić information content (AvgIpc) is 3.38. The number of aliphatic hydroxyl groups is 1. The van der Waals surface area contributed by atoms with Crippen LogP contribution < -0.4 is 5.32 Å². The second-order valence-electron chi connectivity index (χ2n) is 10.6. The molecule has 5 rings (SSSR count). The van der Waals surface area contributed by atoms with E-state index >= 15 is 0 Å². The van der Waals surface area contributed by atoms with Crippen molar-refractivity contribution in [2.45, 2.75) is 101 Å². The van der Waals surface area contributed by atoms with E-state index in [0.717, 1.165) is 32.1 Å². The second kappa shape index (κ2) is 8.27. The zero-order valence-electron chi connectivity index (χ0n) is 18.5. The van der Waals surface area contributed by atoms with Crippen LogP contribution >= 0.6 is 0 Å².